The van der Waals surface area contributed by atoms with E-state index in [0.29, 0.717) is 27.4 Å². The summed E-state index contributed by atoms with van der Waals surface area (Å²) in [5.41, 5.74) is 1.35. The monoisotopic (exact) mass is 390 g/mol. The van der Waals surface area contributed by atoms with Gasteiger partial charge in [0.1, 0.15) is 0 Å². The van der Waals surface area contributed by atoms with Gasteiger partial charge in [0.25, 0.3) is 5.91 Å². The molecule has 27 heavy (non-hydrogen) atoms. The number of aromatic nitrogens is 1. The first-order chi connectivity index (χ1) is 12.8. The number of hydrogen-bond acceptors (Lipinski definition) is 2. The summed E-state index contributed by atoms with van der Waals surface area (Å²) in [5, 5.41) is 0.561. The number of hydrogen-bond donors (Lipinski definition) is 0. The minimum Gasteiger partial charge on any atom is -0.311 e. The number of carbonyl (C=O) groups excluding carboxylic acids is 1. The van der Waals surface area contributed by atoms with Crippen LogP contribution in [0.1, 0.15) is 15.9 Å². The average molecular weight is 391 g/mol. The van der Waals surface area contributed by atoms with E-state index in [1.165, 1.54) is 29.4 Å². The fourth-order valence-corrected chi connectivity index (χ4v) is 2.67. The second-order valence-corrected chi connectivity index (χ2v) is 6.31. The third-order valence-corrected chi connectivity index (χ3v) is 4.30. The summed E-state index contributed by atoms with van der Waals surface area (Å²) in [5.74, 6) is -0.293. The van der Waals surface area contributed by atoms with Crippen LogP contribution in [-0.2, 0) is 6.18 Å². The van der Waals surface area contributed by atoms with Crippen LogP contribution in [0.5, 0.6) is 0 Å². The molecule has 1 aromatic heterocycles. The maximum atomic E-state index is 12.7. The van der Waals surface area contributed by atoms with Gasteiger partial charge in [0.15, 0.2) is 0 Å². The van der Waals surface area contributed by atoms with Crippen LogP contribution in [0.25, 0.3) is 11.1 Å². The van der Waals surface area contributed by atoms with Gasteiger partial charge in [-0.3, -0.25) is 9.78 Å². The van der Waals surface area contributed by atoms with Crippen LogP contribution in [0, 0.1) is 0 Å². The second kappa shape index (κ2) is 7.40. The molecule has 0 fully saturated rings. The fourth-order valence-electron chi connectivity index (χ4n) is 2.54. The van der Waals surface area contributed by atoms with Crippen molar-refractivity contribution in [2.24, 2.45) is 0 Å². The van der Waals surface area contributed by atoms with Crippen molar-refractivity contribution in [1.82, 2.24) is 4.98 Å². The standard InChI is InChI=1S/C20H14ClF3N2O/c1-26(18-8-6-17(21)7-9-18)19(27)15-10-14(11-25-12-15)13-2-4-16(5-3-13)20(22,23)24/h2-12H,1H3. The number of nitrogens with zero attached hydrogens (tertiary/aromatic N) is 2. The Morgan fingerprint density at radius 1 is 0.963 bits per heavy atom. The molecule has 0 aliphatic rings. The van der Waals surface area contributed by atoms with Crippen molar-refractivity contribution >= 4 is 23.2 Å². The molecule has 0 aliphatic carbocycles. The van der Waals surface area contributed by atoms with E-state index in [1.54, 1.807) is 37.4 Å². The Kier molecular flexibility index (Phi) is 5.19. The predicted molar refractivity (Wildman–Crippen MR) is 98.9 cm³/mol. The van der Waals surface area contributed by atoms with Crippen molar-refractivity contribution in [3.63, 3.8) is 0 Å². The summed E-state index contributed by atoms with van der Waals surface area (Å²) in [7, 11) is 1.62. The molecule has 3 aromatic rings. The van der Waals surface area contributed by atoms with Crippen LogP contribution in [0.2, 0.25) is 5.02 Å². The van der Waals surface area contributed by atoms with Crippen LogP contribution in [0.4, 0.5) is 18.9 Å². The van der Waals surface area contributed by atoms with Gasteiger partial charge in [-0.05, 0) is 48.0 Å². The normalized spacial score (nSPS) is 11.3. The summed E-state index contributed by atoms with van der Waals surface area (Å²) in [6.45, 7) is 0. The lowest BCUT2D eigenvalue weighted by Gasteiger charge is -2.17. The first-order valence-electron chi connectivity index (χ1n) is 7.92. The van der Waals surface area contributed by atoms with Gasteiger partial charge < -0.3 is 4.90 Å². The van der Waals surface area contributed by atoms with Gasteiger partial charge in [0, 0.05) is 35.7 Å². The Bertz CT molecular complexity index is 954. The summed E-state index contributed by atoms with van der Waals surface area (Å²) in [4.78, 5) is 18.2. The molecule has 0 atom stereocenters. The minimum absolute atomic E-state index is 0.293. The van der Waals surface area contributed by atoms with Crippen molar-refractivity contribution in [2.45, 2.75) is 6.18 Å². The smallest absolute Gasteiger partial charge is 0.311 e. The number of halogens is 4. The van der Waals surface area contributed by atoms with Gasteiger partial charge in [0.05, 0.1) is 11.1 Å². The molecule has 0 aliphatic heterocycles. The van der Waals surface area contributed by atoms with E-state index < -0.39 is 11.7 Å². The Balaban J connectivity index is 1.86. The number of anilines is 1. The summed E-state index contributed by atoms with van der Waals surface area (Å²) >= 11 is 5.86. The van der Waals surface area contributed by atoms with Gasteiger partial charge in [-0.2, -0.15) is 13.2 Å². The average Bonchev–Trinajstić information content (AvgIpc) is 2.67. The second-order valence-electron chi connectivity index (χ2n) is 5.88. The predicted octanol–water partition coefficient (Wildman–Crippen LogP) is 5.70. The van der Waals surface area contributed by atoms with Crippen molar-refractivity contribution in [2.75, 3.05) is 11.9 Å². The number of pyridine rings is 1. The molecule has 138 valence electrons. The number of alkyl halides is 3. The molecule has 7 heteroatoms. The quantitative estimate of drug-likeness (QED) is 0.575. The van der Waals surface area contributed by atoms with Crippen LogP contribution in [0.3, 0.4) is 0 Å². The molecule has 1 amide bonds. The zero-order chi connectivity index (χ0) is 19.6. The highest BCUT2D eigenvalue weighted by molar-refractivity contribution is 6.30. The third-order valence-electron chi connectivity index (χ3n) is 4.05. The van der Waals surface area contributed by atoms with E-state index in [0.717, 1.165) is 12.1 Å². The minimum atomic E-state index is -4.39. The zero-order valence-electron chi connectivity index (χ0n) is 14.2. The lowest BCUT2D eigenvalue weighted by atomic mass is 10.0. The van der Waals surface area contributed by atoms with Gasteiger partial charge in [-0.25, -0.2) is 0 Å². The first-order valence-corrected chi connectivity index (χ1v) is 8.30. The van der Waals surface area contributed by atoms with Crippen LogP contribution >= 0.6 is 11.6 Å². The molecule has 0 spiro atoms. The third kappa shape index (κ3) is 4.28. The van der Waals surface area contributed by atoms with Crippen molar-refractivity contribution in [1.29, 1.82) is 0 Å². The largest absolute Gasteiger partial charge is 0.416 e. The molecule has 0 radical (unpaired) electrons. The molecule has 0 N–H and O–H groups in total. The zero-order valence-corrected chi connectivity index (χ0v) is 14.9. The molecular formula is C20H14ClF3N2O. The maximum absolute atomic E-state index is 12.7. The molecule has 3 nitrogen and oxygen atoms in total. The van der Waals surface area contributed by atoms with E-state index in [1.807, 2.05) is 0 Å². The number of carbonyl (C=O) groups is 1. The van der Waals surface area contributed by atoms with Crippen molar-refractivity contribution < 1.29 is 18.0 Å². The highest BCUT2D eigenvalue weighted by Crippen LogP contribution is 2.31. The van der Waals surface area contributed by atoms with E-state index in [-0.39, 0.29) is 5.91 Å². The van der Waals surface area contributed by atoms with E-state index in [4.69, 9.17) is 11.6 Å². The van der Waals surface area contributed by atoms with Gasteiger partial charge >= 0.3 is 6.18 Å². The molecular weight excluding hydrogens is 377 g/mol. The molecule has 1 heterocycles. The van der Waals surface area contributed by atoms with Crippen molar-refractivity contribution in [3.8, 4) is 11.1 Å². The van der Waals surface area contributed by atoms with Gasteiger partial charge in [0.2, 0.25) is 0 Å². The van der Waals surface area contributed by atoms with Crippen LogP contribution in [-0.4, -0.2) is 17.9 Å². The summed E-state index contributed by atoms with van der Waals surface area (Å²) in [6.07, 6.45) is -1.47. The van der Waals surface area contributed by atoms with Gasteiger partial charge in [-0.1, -0.05) is 23.7 Å². The van der Waals surface area contributed by atoms with Gasteiger partial charge in [-0.15, -0.1) is 0 Å². The summed E-state index contributed by atoms with van der Waals surface area (Å²) < 4.78 is 38.1. The Hall–Kier alpha value is -2.86. The summed E-state index contributed by atoms with van der Waals surface area (Å²) in [6, 6.07) is 13.1. The number of amides is 1. The molecule has 0 saturated carbocycles. The van der Waals surface area contributed by atoms with E-state index in [9.17, 15) is 18.0 Å². The lowest BCUT2D eigenvalue weighted by molar-refractivity contribution is -0.137. The number of rotatable bonds is 3. The molecule has 2 aromatic carbocycles. The Morgan fingerprint density at radius 2 is 1.59 bits per heavy atom. The topological polar surface area (TPSA) is 33.2 Å². The fraction of sp³-hybridized carbons (Fsp3) is 0.100. The lowest BCUT2D eigenvalue weighted by Crippen LogP contribution is -2.26. The Labute approximate surface area is 159 Å². The number of benzene rings is 2. The van der Waals surface area contributed by atoms with E-state index in [2.05, 4.69) is 4.98 Å². The highest BCUT2D eigenvalue weighted by atomic mass is 35.5. The molecule has 3 rings (SSSR count). The highest BCUT2D eigenvalue weighted by Gasteiger charge is 2.30. The van der Waals surface area contributed by atoms with E-state index >= 15 is 0 Å². The molecule has 0 saturated heterocycles. The Morgan fingerprint density at radius 3 is 2.19 bits per heavy atom. The van der Waals surface area contributed by atoms with Crippen molar-refractivity contribution in [3.05, 3.63) is 83.1 Å². The van der Waals surface area contributed by atoms with Crippen LogP contribution in [0.15, 0.2) is 67.0 Å². The molecule has 0 unspecified atom stereocenters. The maximum Gasteiger partial charge on any atom is 0.416 e. The SMILES string of the molecule is CN(C(=O)c1cncc(-c2ccc(C(F)(F)F)cc2)c1)c1ccc(Cl)cc1. The molecule has 0 bridgehead atoms. The first kappa shape index (κ1) is 18.9. The van der Waals surface area contributed by atoms with Crippen LogP contribution < -0.4 is 4.90 Å².